The first-order valence-corrected chi connectivity index (χ1v) is 7.33. The first kappa shape index (κ1) is 14.7. The standard InChI is InChI=1S/C16H11N7O2/c24-14-12-5-2-1-4-11(12)13(21-22-14)15(25)20-10-8-19-23(9-10)16-17-6-3-7-18-16/h1-9H,(H,20,25)(H,22,24). The van der Waals surface area contributed by atoms with Gasteiger partial charge in [0.25, 0.3) is 11.5 Å². The van der Waals surface area contributed by atoms with Gasteiger partial charge in [-0.05, 0) is 12.1 Å². The van der Waals surface area contributed by atoms with Gasteiger partial charge in [-0.1, -0.05) is 18.2 Å². The summed E-state index contributed by atoms with van der Waals surface area (Å²) in [7, 11) is 0. The van der Waals surface area contributed by atoms with Crippen LogP contribution in [0.1, 0.15) is 10.5 Å². The first-order valence-electron chi connectivity index (χ1n) is 7.33. The number of carbonyl (C=O) groups excluding carboxylic acids is 1. The van der Waals surface area contributed by atoms with E-state index < -0.39 is 5.91 Å². The summed E-state index contributed by atoms with van der Waals surface area (Å²) in [5.74, 6) is -0.0726. The molecule has 122 valence electrons. The summed E-state index contributed by atoms with van der Waals surface area (Å²) in [6, 6.07) is 8.47. The molecule has 3 aromatic heterocycles. The largest absolute Gasteiger partial charge is 0.318 e. The fourth-order valence-electron chi connectivity index (χ4n) is 2.38. The smallest absolute Gasteiger partial charge is 0.276 e. The molecule has 0 atom stereocenters. The van der Waals surface area contributed by atoms with Crippen LogP contribution >= 0.6 is 0 Å². The number of fused-ring (bicyclic) bond motifs is 1. The van der Waals surface area contributed by atoms with Crippen molar-refractivity contribution in [3.05, 3.63) is 71.2 Å². The lowest BCUT2D eigenvalue weighted by molar-refractivity contribution is 0.102. The van der Waals surface area contributed by atoms with Gasteiger partial charge in [-0.2, -0.15) is 10.2 Å². The van der Waals surface area contributed by atoms with Crippen molar-refractivity contribution in [2.45, 2.75) is 0 Å². The Bertz CT molecular complexity index is 1120. The number of hydrogen-bond acceptors (Lipinski definition) is 6. The molecular formula is C16H11N7O2. The molecule has 0 spiro atoms. The Morgan fingerprint density at radius 3 is 2.64 bits per heavy atom. The van der Waals surface area contributed by atoms with E-state index >= 15 is 0 Å². The van der Waals surface area contributed by atoms with Gasteiger partial charge in [-0.15, -0.1) is 0 Å². The Labute approximate surface area is 140 Å². The number of aromatic amines is 1. The van der Waals surface area contributed by atoms with Crippen LogP contribution in [0.3, 0.4) is 0 Å². The van der Waals surface area contributed by atoms with Crippen LogP contribution in [-0.2, 0) is 0 Å². The minimum atomic E-state index is -0.457. The Balaban J connectivity index is 1.64. The van der Waals surface area contributed by atoms with Crippen molar-refractivity contribution < 1.29 is 4.79 Å². The molecule has 0 aliphatic heterocycles. The van der Waals surface area contributed by atoms with Crippen molar-refractivity contribution in [3.63, 3.8) is 0 Å². The molecular weight excluding hydrogens is 322 g/mol. The molecule has 0 aliphatic rings. The second-order valence-electron chi connectivity index (χ2n) is 5.12. The molecule has 0 bridgehead atoms. The molecule has 0 saturated heterocycles. The zero-order chi connectivity index (χ0) is 17.2. The summed E-state index contributed by atoms with van der Waals surface area (Å²) < 4.78 is 1.44. The van der Waals surface area contributed by atoms with Crippen LogP contribution in [0.25, 0.3) is 16.7 Å². The minimum absolute atomic E-state index is 0.124. The van der Waals surface area contributed by atoms with E-state index in [9.17, 15) is 9.59 Å². The third-order valence-electron chi connectivity index (χ3n) is 3.51. The van der Waals surface area contributed by atoms with Gasteiger partial charge in [-0.25, -0.2) is 19.7 Å². The van der Waals surface area contributed by atoms with Crippen LogP contribution in [0.4, 0.5) is 5.69 Å². The molecule has 2 N–H and O–H groups in total. The van der Waals surface area contributed by atoms with Crippen molar-refractivity contribution in [2.75, 3.05) is 5.32 Å². The van der Waals surface area contributed by atoms with Crippen LogP contribution < -0.4 is 10.9 Å². The van der Waals surface area contributed by atoms with Gasteiger partial charge in [0, 0.05) is 17.8 Å². The number of benzene rings is 1. The summed E-state index contributed by atoms with van der Waals surface area (Å²) in [5.41, 5.74) is 0.231. The van der Waals surface area contributed by atoms with Crippen molar-refractivity contribution >= 4 is 22.4 Å². The topological polar surface area (TPSA) is 118 Å². The SMILES string of the molecule is O=C(Nc1cnn(-c2ncccn2)c1)c1n[nH]c(=O)c2ccccc12. The minimum Gasteiger partial charge on any atom is -0.318 e. The molecule has 0 saturated carbocycles. The van der Waals surface area contributed by atoms with E-state index in [1.165, 1.54) is 10.9 Å². The van der Waals surface area contributed by atoms with Crippen molar-refractivity contribution in [1.82, 2.24) is 29.9 Å². The Morgan fingerprint density at radius 2 is 1.84 bits per heavy atom. The van der Waals surface area contributed by atoms with E-state index in [-0.39, 0.29) is 11.3 Å². The molecule has 4 aromatic rings. The Kier molecular flexibility index (Phi) is 3.51. The van der Waals surface area contributed by atoms with E-state index in [2.05, 4.69) is 30.6 Å². The lowest BCUT2D eigenvalue weighted by Gasteiger charge is -2.04. The van der Waals surface area contributed by atoms with E-state index in [1.54, 1.807) is 48.9 Å². The van der Waals surface area contributed by atoms with Crippen molar-refractivity contribution in [2.24, 2.45) is 0 Å². The van der Waals surface area contributed by atoms with Crippen LogP contribution in [0.2, 0.25) is 0 Å². The Morgan fingerprint density at radius 1 is 1.08 bits per heavy atom. The molecule has 1 amide bonds. The van der Waals surface area contributed by atoms with E-state index in [4.69, 9.17) is 0 Å². The lowest BCUT2D eigenvalue weighted by atomic mass is 10.1. The maximum atomic E-state index is 12.5. The number of amides is 1. The number of H-pyrrole nitrogens is 1. The first-order chi connectivity index (χ1) is 12.2. The fraction of sp³-hybridized carbons (Fsp3) is 0. The molecule has 9 nitrogen and oxygen atoms in total. The van der Waals surface area contributed by atoms with Crippen LogP contribution in [0.5, 0.6) is 0 Å². The second kappa shape index (κ2) is 5.96. The predicted molar refractivity (Wildman–Crippen MR) is 89.5 cm³/mol. The maximum Gasteiger partial charge on any atom is 0.276 e. The number of rotatable bonds is 3. The second-order valence-corrected chi connectivity index (χ2v) is 5.12. The normalized spacial score (nSPS) is 10.7. The predicted octanol–water partition coefficient (Wildman–Crippen LogP) is 1.15. The van der Waals surface area contributed by atoms with Gasteiger partial charge in [0.1, 0.15) is 0 Å². The molecule has 0 unspecified atom stereocenters. The monoisotopic (exact) mass is 333 g/mol. The number of hydrogen-bond donors (Lipinski definition) is 2. The number of nitrogens with one attached hydrogen (secondary N) is 2. The summed E-state index contributed by atoms with van der Waals surface area (Å²) in [4.78, 5) is 32.5. The van der Waals surface area contributed by atoms with Crippen molar-refractivity contribution in [3.8, 4) is 5.95 Å². The van der Waals surface area contributed by atoms with E-state index in [0.29, 0.717) is 22.4 Å². The highest BCUT2D eigenvalue weighted by Crippen LogP contribution is 2.15. The lowest BCUT2D eigenvalue weighted by Crippen LogP contribution is -2.19. The van der Waals surface area contributed by atoms with Crippen LogP contribution in [0.15, 0.2) is 59.9 Å². The molecule has 25 heavy (non-hydrogen) atoms. The molecule has 3 heterocycles. The van der Waals surface area contributed by atoms with Crippen LogP contribution in [0, 0.1) is 0 Å². The van der Waals surface area contributed by atoms with Gasteiger partial charge in [-0.3, -0.25) is 9.59 Å². The van der Waals surface area contributed by atoms with Gasteiger partial charge in [0.15, 0.2) is 5.69 Å². The molecule has 9 heteroatoms. The number of anilines is 1. The van der Waals surface area contributed by atoms with E-state index in [0.717, 1.165) is 0 Å². The zero-order valence-corrected chi connectivity index (χ0v) is 12.7. The van der Waals surface area contributed by atoms with Gasteiger partial charge < -0.3 is 5.32 Å². The molecule has 0 aliphatic carbocycles. The highest BCUT2D eigenvalue weighted by Gasteiger charge is 2.15. The van der Waals surface area contributed by atoms with Crippen LogP contribution in [-0.4, -0.2) is 35.9 Å². The summed E-state index contributed by atoms with van der Waals surface area (Å²) in [6.45, 7) is 0. The maximum absolute atomic E-state index is 12.5. The average Bonchev–Trinajstić information content (AvgIpc) is 3.11. The summed E-state index contributed by atoms with van der Waals surface area (Å²) in [5, 5.41) is 13.9. The molecule has 0 radical (unpaired) electrons. The zero-order valence-electron chi connectivity index (χ0n) is 12.7. The highest BCUT2D eigenvalue weighted by atomic mass is 16.2. The van der Waals surface area contributed by atoms with E-state index in [1.807, 2.05) is 0 Å². The van der Waals surface area contributed by atoms with Gasteiger partial charge in [0.2, 0.25) is 5.95 Å². The third kappa shape index (κ3) is 2.74. The highest BCUT2D eigenvalue weighted by molar-refractivity contribution is 6.10. The fourth-order valence-corrected chi connectivity index (χ4v) is 2.38. The third-order valence-corrected chi connectivity index (χ3v) is 3.51. The molecule has 1 aromatic carbocycles. The summed E-state index contributed by atoms with van der Waals surface area (Å²) in [6.07, 6.45) is 6.25. The Hall–Kier alpha value is -3.88. The average molecular weight is 333 g/mol. The van der Waals surface area contributed by atoms with Gasteiger partial charge in [0.05, 0.1) is 23.5 Å². The molecule has 0 fully saturated rings. The van der Waals surface area contributed by atoms with Gasteiger partial charge >= 0.3 is 0 Å². The number of carbonyl (C=O) groups is 1. The number of aromatic nitrogens is 6. The summed E-state index contributed by atoms with van der Waals surface area (Å²) >= 11 is 0. The number of nitrogens with zero attached hydrogens (tertiary/aromatic N) is 5. The quantitative estimate of drug-likeness (QED) is 0.580. The van der Waals surface area contributed by atoms with Crippen molar-refractivity contribution in [1.29, 1.82) is 0 Å². The molecule has 4 rings (SSSR count).